The quantitative estimate of drug-likeness (QED) is 0.936. The SMILES string of the molecule is CC(C)C(c1nc(-c2ccc(F)c(Cl)c2)no1)C(C)O. The molecule has 1 heterocycles. The number of aromatic nitrogens is 2. The van der Waals surface area contributed by atoms with Gasteiger partial charge in [-0.3, -0.25) is 0 Å². The monoisotopic (exact) mass is 298 g/mol. The van der Waals surface area contributed by atoms with Crippen molar-refractivity contribution in [1.29, 1.82) is 0 Å². The minimum atomic E-state index is -0.597. The molecule has 0 fully saturated rings. The maximum absolute atomic E-state index is 13.1. The predicted octanol–water partition coefficient (Wildman–Crippen LogP) is 3.65. The van der Waals surface area contributed by atoms with Gasteiger partial charge in [0.25, 0.3) is 0 Å². The van der Waals surface area contributed by atoms with Crippen LogP contribution in [0.3, 0.4) is 0 Å². The van der Waals surface area contributed by atoms with E-state index in [0.717, 1.165) is 0 Å². The largest absolute Gasteiger partial charge is 0.393 e. The smallest absolute Gasteiger partial charge is 0.232 e. The maximum Gasteiger partial charge on any atom is 0.232 e. The summed E-state index contributed by atoms with van der Waals surface area (Å²) in [4.78, 5) is 4.28. The van der Waals surface area contributed by atoms with Gasteiger partial charge in [0.15, 0.2) is 0 Å². The van der Waals surface area contributed by atoms with E-state index in [1.54, 1.807) is 6.92 Å². The molecule has 2 rings (SSSR count). The summed E-state index contributed by atoms with van der Waals surface area (Å²) in [5, 5.41) is 13.7. The van der Waals surface area contributed by atoms with E-state index in [2.05, 4.69) is 10.1 Å². The normalized spacial score (nSPS) is 14.6. The summed E-state index contributed by atoms with van der Waals surface area (Å²) in [5.41, 5.74) is 0.569. The molecule has 0 aliphatic heterocycles. The molecule has 1 N–H and O–H groups in total. The van der Waals surface area contributed by atoms with E-state index in [-0.39, 0.29) is 16.9 Å². The van der Waals surface area contributed by atoms with Crippen LogP contribution in [0.5, 0.6) is 0 Å². The standard InChI is InChI=1S/C14H16ClFN2O2/c1-7(2)12(8(3)19)14-17-13(18-20-14)9-4-5-11(16)10(15)6-9/h4-8,12,19H,1-3H3. The summed E-state index contributed by atoms with van der Waals surface area (Å²) in [5.74, 6) is 0.106. The first kappa shape index (κ1) is 14.9. The molecule has 0 radical (unpaired) electrons. The van der Waals surface area contributed by atoms with Gasteiger partial charge in [0.1, 0.15) is 5.82 Å². The minimum absolute atomic E-state index is 0.00443. The molecule has 0 amide bonds. The third-order valence-electron chi connectivity index (χ3n) is 3.14. The van der Waals surface area contributed by atoms with Crippen molar-refractivity contribution in [2.24, 2.45) is 5.92 Å². The predicted molar refractivity (Wildman–Crippen MR) is 74.0 cm³/mol. The maximum atomic E-state index is 13.1. The summed E-state index contributed by atoms with van der Waals surface area (Å²) >= 11 is 5.73. The van der Waals surface area contributed by atoms with Gasteiger partial charge >= 0.3 is 0 Å². The fourth-order valence-corrected chi connectivity index (χ4v) is 2.35. The Morgan fingerprint density at radius 1 is 1.30 bits per heavy atom. The Morgan fingerprint density at radius 2 is 2.00 bits per heavy atom. The van der Waals surface area contributed by atoms with Crippen LogP contribution in [0, 0.1) is 11.7 Å². The minimum Gasteiger partial charge on any atom is -0.393 e. The van der Waals surface area contributed by atoms with Crippen LogP contribution < -0.4 is 0 Å². The van der Waals surface area contributed by atoms with Crippen LogP contribution in [-0.2, 0) is 0 Å². The summed E-state index contributed by atoms with van der Waals surface area (Å²) in [6.07, 6.45) is -0.597. The van der Waals surface area contributed by atoms with E-state index in [9.17, 15) is 9.50 Å². The van der Waals surface area contributed by atoms with Gasteiger partial charge in [0.05, 0.1) is 17.0 Å². The number of hydrogen-bond acceptors (Lipinski definition) is 4. The highest BCUT2D eigenvalue weighted by Crippen LogP contribution is 2.29. The molecule has 0 aliphatic rings. The number of hydrogen-bond donors (Lipinski definition) is 1. The highest BCUT2D eigenvalue weighted by molar-refractivity contribution is 6.31. The molecule has 20 heavy (non-hydrogen) atoms. The first-order chi connectivity index (χ1) is 9.40. The van der Waals surface area contributed by atoms with E-state index in [4.69, 9.17) is 16.1 Å². The molecule has 2 atom stereocenters. The van der Waals surface area contributed by atoms with Crippen molar-refractivity contribution >= 4 is 11.6 Å². The highest BCUT2D eigenvalue weighted by atomic mass is 35.5. The average Bonchev–Trinajstić information content (AvgIpc) is 2.81. The van der Waals surface area contributed by atoms with Crippen molar-refractivity contribution in [3.05, 3.63) is 34.9 Å². The van der Waals surface area contributed by atoms with Crippen LogP contribution in [0.15, 0.2) is 22.7 Å². The average molecular weight is 299 g/mol. The number of nitrogens with zero attached hydrogens (tertiary/aromatic N) is 2. The Balaban J connectivity index is 2.34. The van der Waals surface area contributed by atoms with E-state index in [1.165, 1.54) is 18.2 Å². The lowest BCUT2D eigenvalue weighted by Crippen LogP contribution is -2.20. The van der Waals surface area contributed by atoms with Crippen molar-refractivity contribution in [2.45, 2.75) is 32.8 Å². The van der Waals surface area contributed by atoms with Gasteiger partial charge in [-0.1, -0.05) is 30.6 Å². The number of aliphatic hydroxyl groups excluding tert-OH is 1. The third-order valence-corrected chi connectivity index (χ3v) is 3.43. The van der Waals surface area contributed by atoms with Crippen molar-refractivity contribution in [2.75, 3.05) is 0 Å². The molecule has 108 valence electrons. The Hall–Kier alpha value is -1.46. The van der Waals surface area contributed by atoms with Gasteiger partial charge in [0.2, 0.25) is 11.7 Å². The van der Waals surface area contributed by atoms with Gasteiger partial charge in [-0.15, -0.1) is 0 Å². The molecule has 0 saturated heterocycles. The molecule has 0 bridgehead atoms. The second-order valence-electron chi connectivity index (χ2n) is 5.10. The van der Waals surface area contributed by atoms with Gasteiger partial charge < -0.3 is 9.63 Å². The van der Waals surface area contributed by atoms with Crippen LogP contribution in [-0.4, -0.2) is 21.4 Å². The Kier molecular flexibility index (Phi) is 4.40. The lowest BCUT2D eigenvalue weighted by Gasteiger charge is -2.19. The van der Waals surface area contributed by atoms with E-state index < -0.39 is 11.9 Å². The van der Waals surface area contributed by atoms with E-state index in [0.29, 0.717) is 17.3 Å². The molecular weight excluding hydrogens is 283 g/mol. The fourth-order valence-electron chi connectivity index (χ4n) is 2.17. The number of rotatable bonds is 4. The topological polar surface area (TPSA) is 59.2 Å². The first-order valence-electron chi connectivity index (χ1n) is 6.37. The Bertz CT molecular complexity index is 591. The molecule has 1 aromatic heterocycles. The lowest BCUT2D eigenvalue weighted by molar-refractivity contribution is 0.120. The molecule has 4 nitrogen and oxygen atoms in total. The molecule has 6 heteroatoms. The van der Waals surface area contributed by atoms with Crippen LogP contribution in [0.25, 0.3) is 11.4 Å². The zero-order chi connectivity index (χ0) is 14.9. The van der Waals surface area contributed by atoms with Gasteiger partial charge in [-0.25, -0.2) is 4.39 Å². The van der Waals surface area contributed by atoms with Crippen LogP contribution in [0.4, 0.5) is 4.39 Å². The zero-order valence-electron chi connectivity index (χ0n) is 11.5. The fraction of sp³-hybridized carbons (Fsp3) is 0.429. The number of benzene rings is 1. The van der Waals surface area contributed by atoms with Crippen LogP contribution in [0.2, 0.25) is 5.02 Å². The molecule has 0 saturated carbocycles. The third kappa shape index (κ3) is 2.99. The lowest BCUT2D eigenvalue weighted by atomic mass is 9.91. The first-order valence-corrected chi connectivity index (χ1v) is 6.75. The summed E-state index contributed by atoms with van der Waals surface area (Å²) in [6, 6.07) is 4.23. The van der Waals surface area contributed by atoms with Crippen molar-refractivity contribution < 1.29 is 14.0 Å². The summed E-state index contributed by atoms with van der Waals surface area (Å²) < 4.78 is 18.3. The van der Waals surface area contributed by atoms with Gasteiger partial charge in [0, 0.05) is 5.56 Å². The molecule has 0 spiro atoms. The highest BCUT2D eigenvalue weighted by Gasteiger charge is 2.27. The number of halogens is 2. The van der Waals surface area contributed by atoms with Crippen molar-refractivity contribution in [3.8, 4) is 11.4 Å². The summed E-state index contributed by atoms with van der Waals surface area (Å²) in [6.45, 7) is 5.62. The molecular formula is C14H16ClFN2O2. The molecule has 2 unspecified atom stereocenters. The number of aliphatic hydroxyl groups is 1. The zero-order valence-corrected chi connectivity index (χ0v) is 12.2. The Labute approximate surface area is 121 Å². The van der Waals surface area contributed by atoms with Crippen LogP contribution in [0.1, 0.15) is 32.6 Å². The molecule has 1 aromatic carbocycles. The van der Waals surface area contributed by atoms with Gasteiger partial charge in [-0.05, 0) is 31.0 Å². The van der Waals surface area contributed by atoms with Gasteiger partial charge in [-0.2, -0.15) is 4.98 Å². The van der Waals surface area contributed by atoms with E-state index >= 15 is 0 Å². The molecule has 0 aliphatic carbocycles. The summed E-state index contributed by atoms with van der Waals surface area (Å²) in [7, 11) is 0. The van der Waals surface area contributed by atoms with E-state index in [1.807, 2.05) is 13.8 Å². The second-order valence-corrected chi connectivity index (χ2v) is 5.50. The second kappa shape index (κ2) is 5.89. The van der Waals surface area contributed by atoms with Crippen molar-refractivity contribution in [3.63, 3.8) is 0 Å². The van der Waals surface area contributed by atoms with Crippen LogP contribution >= 0.6 is 11.6 Å². The Morgan fingerprint density at radius 3 is 2.55 bits per heavy atom. The molecule has 2 aromatic rings. The van der Waals surface area contributed by atoms with Crippen molar-refractivity contribution in [1.82, 2.24) is 10.1 Å².